The molecule has 1 saturated carbocycles. The van der Waals surface area contributed by atoms with Crippen molar-refractivity contribution >= 4 is 5.97 Å². The number of esters is 1. The van der Waals surface area contributed by atoms with E-state index < -0.39 is 11.7 Å². The minimum absolute atomic E-state index is 0.150. The van der Waals surface area contributed by atoms with Gasteiger partial charge in [-0.1, -0.05) is 13.8 Å². The summed E-state index contributed by atoms with van der Waals surface area (Å²) < 4.78 is 17.1. The zero-order valence-corrected chi connectivity index (χ0v) is 12.9. The van der Waals surface area contributed by atoms with Crippen LogP contribution >= 0.6 is 0 Å². The fourth-order valence-corrected chi connectivity index (χ4v) is 3.17. The van der Waals surface area contributed by atoms with Crippen LogP contribution in [0.15, 0.2) is 0 Å². The normalized spacial score (nSPS) is 42.2. The minimum atomic E-state index is -0.499. The lowest BCUT2D eigenvalue weighted by Crippen LogP contribution is -2.48. The molecule has 2 aliphatic rings. The van der Waals surface area contributed by atoms with Crippen molar-refractivity contribution in [2.45, 2.75) is 65.5 Å². The van der Waals surface area contributed by atoms with E-state index in [1.165, 1.54) is 0 Å². The van der Waals surface area contributed by atoms with Gasteiger partial charge in [-0.2, -0.15) is 0 Å². The fraction of sp³-hybridized carbons (Fsp3) is 0.933. The van der Waals surface area contributed by atoms with Crippen LogP contribution in [0.25, 0.3) is 0 Å². The summed E-state index contributed by atoms with van der Waals surface area (Å²) in [6, 6.07) is 0. The molecule has 0 aromatic heterocycles. The molecular weight excluding hydrogens is 244 g/mol. The number of rotatable bonds is 2. The molecule has 0 aromatic rings. The highest BCUT2D eigenvalue weighted by Crippen LogP contribution is 2.53. The van der Waals surface area contributed by atoms with Crippen molar-refractivity contribution < 1.29 is 19.0 Å². The van der Waals surface area contributed by atoms with Crippen LogP contribution in [-0.2, 0) is 19.0 Å². The van der Waals surface area contributed by atoms with Gasteiger partial charge in [0, 0.05) is 13.0 Å². The molecule has 0 unspecified atom stereocenters. The minimum Gasteiger partial charge on any atom is -0.456 e. The topological polar surface area (TPSA) is 44.8 Å². The molecule has 1 aliphatic heterocycles. The van der Waals surface area contributed by atoms with Crippen molar-refractivity contribution in [1.82, 2.24) is 0 Å². The van der Waals surface area contributed by atoms with E-state index in [0.717, 1.165) is 12.8 Å². The molecular formula is C15H26O4. The maximum Gasteiger partial charge on any atom is 0.311 e. The summed E-state index contributed by atoms with van der Waals surface area (Å²) in [5, 5.41) is 0. The van der Waals surface area contributed by atoms with Gasteiger partial charge in [-0.3, -0.25) is 4.79 Å². The van der Waals surface area contributed by atoms with E-state index in [-0.39, 0.29) is 23.6 Å². The Labute approximate surface area is 115 Å². The van der Waals surface area contributed by atoms with Crippen LogP contribution in [-0.4, -0.2) is 31.1 Å². The van der Waals surface area contributed by atoms with Gasteiger partial charge < -0.3 is 14.2 Å². The number of methoxy groups -OCH3 is 1. The molecule has 0 amide bonds. The summed E-state index contributed by atoms with van der Waals surface area (Å²) >= 11 is 0. The first kappa shape index (κ1) is 14.8. The maximum atomic E-state index is 12.1. The van der Waals surface area contributed by atoms with Crippen LogP contribution in [0.1, 0.15) is 47.5 Å². The summed E-state index contributed by atoms with van der Waals surface area (Å²) in [4.78, 5) is 12.1. The van der Waals surface area contributed by atoms with E-state index in [1.54, 1.807) is 7.11 Å². The third-order valence-electron chi connectivity index (χ3n) is 4.42. The molecule has 2 fully saturated rings. The monoisotopic (exact) mass is 270 g/mol. The Kier molecular flexibility index (Phi) is 3.69. The molecule has 1 heterocycles. The SMILES string of the molecule is CO[C@@H]1O[C@]2(C[C@@H](C)C2)[C@@H](C)[C@H]1OC(=O)C(C)(C)C. The largest absolute Gasteiger partial charge is 0.456 e. The van der Waals surface area contributed by atoms with Crippen LogP contribution < -0.4 is 0 Å². The van der Waals surface area contributed by atoms with E-state index in [4.69, 9.17) is 14.2 Å². The maximum absolute atomic E-state index is 12.1. The Balaban J connectivity index is 2.09. The molecule has 0 N–H and O–H groups in total. The highest BCUT2D eigenvalue weighted by Gasteiger charge is 2.60. The quantitative estimate of drug-likeness (QED) is 0.724. The van der Waals surface area contributed by atoms with E-state index in [2.05, 4.69) is 13.8 Å². The molecule has 19 heavy (non-hydrogen) atoms. The predicted molar refractivity (Wildman–Crippen MR) is 71.5 cm³/mol. The third kappa shape index (κ3) is 2.52. The van der Waals surface area contributed by atoms with Gasteiger partial charge in [-0.05, 0) is 39.5 Å². The Morgan fingerprint density at radius 2 is 1.84 bits per heavy atom. The smallest absolute Gasteiger partial charge is 0.311 e. The summed E-state index contributed by atoms with van der Waals surface area (Å²) in [6.45, 7) is 9.90. The summed E-state index contributed by atoms with van der Waals surface area (Å²) in [7, 11) is 1.61. The van der Waals surface area contributed by atoms with Crippen LogP contribution in [0.5, 0.6) is 0 Å². The molecule has 0 aromatic carbocycles. The molecule has 4 nitrogen and oxygen atoms in total. The highest BCUT2D eigenvalue weighted by molar-refractivity contribution is 5.75. The second kappa shape index (κ2) is 4.74. The number of hydrogen-bond donors (Lipinski definition) is 0. The van der Waals surface area contributed by atoms with Gasteiger partial charge >= 0.3 is 5.97 Å². The third-order valence-corrected chi connectivity index (χ3v) is 4.42. The van der Waals surface area contributed by atoms with Gasteiger partial charge in [-0.25, -0.2) is 0 Å². The summed E-state index contributed by atoms with van der Waals surface area (Å²) in [5.41, 5.74) is -0.649. The van der Waals surface area contributed by atoms with Crippen LogP contribution in [0.3, 0.4) is 0 Å². The second-order valence-electron chi connectivity index (χ2n) is 7.21. The number of carbonyl (C=O) groups is 1. The summed E-state index contributed by atoms with van der Waals surface area (Å²) in [6.07, 6.45) is 1.31. The van der Waals surface area contributed by atoms with Gasteiger partial charge in [0.1, 0.15) is 0 Å². The molecule has 0 radical (unpaired) electrons. The van der Waals surface area contributed by atoms with Crippen molar-refractivity contribution in [3.63, 3.8) is 0 Å². The van der Waals surface area contributed by atoms with Crippen molar-refractivity contribution in [3.05, 3.63) is 0 Å². The van der Waals surface area contributed by atoms with Gasteiger partial charge in [0.2, 0.25) is 0 Å². The molecule has 1 saturated heterocycles. The van der Waals surface area contributed by atoms with E-state index in [9.17, 15) is 4.79 Å². The Morgan fingerprint density at radius 1 is 1.26 bits per heavy atom. The zero-order valence-electron chi connectivity index (χ0n) is 12.9. The van der Waals surface area contributed by atoms with Crippen molar-refractivity contribution in [2.75, 3.05) is 7.11 Å². The Hall–Kier alpha value is -0.610. The first-order valence-electron chi connectivity index (χ1n) is 7.11. The molecule has 110 valence electrons. The molecule has 2 rings (SSSR count). The Bertz CT molecular complexity index is 352. The van der Waals surface area contributed by atoms with Gasteiger partial charge in [0.05, 0.1) is 11.0 Å². The van der Waals surface area contributed by atoms with Crippen molar-refractivity contribution in [1.29, 1.82) is 0 Å². The van der Waals surface area contributed by atoms with Gasteiger partial charge in [-0.15, -0.1) is 0 Å². The zero-order chi connectivity index (χ0) is 14.4. The first-order chi connectivity index (χ1) is 8.69. The van der Waals surface area contributed by atoms with E-state index in [1.807, 2.05) is 20.8 Å². The first-order valence-corrected chi connectivity index (χ1v) is 7.11. The van der Waals surface area contributed by atoms with Crippen LogP contribution in [0.2, 0.25) is 0 Å². The van der Waals surface area contributed by atoms with Gasteiger partial charge in [0.25, 0.3) is 0 Å². The van der Waals surface area contributed by atoms with E-state index >= 15 is 0 Å². The van der Waals surface area contributed by atoms with Crippen molar-refractivity contribution in [2.24, 2.45) is 17.3 Å². The molecule has 4 heteroatoms. The number of carbonyl (C=O) groups excluding carboxylic acids is 1. The van der Waals surface area contributed by atoms with Crippen molar-refractivity contribution in [3.8, 4) is 0 Å². The lowest BCUT2D eigenvalue weighted by Gasteiger charge is -2.45. The average Bonchev–Trinajstić information content (AvgIpc) is 2.52. The standard InChI is InChI=1S/C15H26O4/c1-9-7-15(8-9)10(2)11(12(17-6)19-15)18-13(16)14(3,4)5/h9-12H,7-8H2,1-6H3/t9-,10-,11+,12+,15+/m0/s1. The average molecular weight is 270 g/mol. The van der Waals surface area contributed by atoms with Gasteiger partial charge in [0.15, 0.2) is 12.4 Å². The molecule has 1 aliphatic carbocycles. The number of ether oxygens (including phenoxy) is 3. The highest BCUT2D eigenvalue weighted by atomic mass is 16.7. The lowest BCUT2D eigenvalue weighted by molar-refractivity contribution is -0.213. The molecule has 0 bridgehead atoms. The Morgan fingerprint density at radius 3 is 2.26 bits per heavy atom. The van der Waals surface area contributed by atoms with E-state index in [0.29, 0.717) is 5.92 Å². The predicted octanol–water partition coefficient (Wildman–Crippen LogP) is 2.75. The second-order valence-corrected chi connectivity index (χ2v) is 7.21. The molecule has 1 spiro atoms. The fourth-order valence-electron chi connectivity index (χ4n) is 3.17. The lowest BCUT2D eigenvalue weighted by atomic mass is 9.65. The number of hydrogen-bond acceptors (Lipinski definition) is 4. The van der Waals surface area contributed by atoms with Crippen LogP contribution in [0.4, 0.5) is 0 Å². The molecule has 3 atom stereocenters. The summed E-state index contributed by atoms with van der Waals surface area (Å²) in [5.74, 6) is 0.663. The van der Waals surface area contributed by atoms with Crippen LogP contribution in [0, 0.1) is 17.3 Å².